The number of ether oxygens (including phenoxy) is 2. The molecule has 22 heavy (non-hydrogen) atoms. The molecule has 0 spiro atoms. The first-order valence-corrected chi connectivity index (χ1v) is 7.38. The quantitative estimate of drug-likeness (QED) is 0.714. The Hall–Kier alpha value is -2.60. The summed E-state index contributed by atoms with van der Waals surface area (Å²) in [6.45, 7) is 0. The van der Waals surface area contributed by atoms with Crippen LogP contribution in [0.4, 0.5) is 0 Å². The van der Waals surface area contributed by atoms with Gasteiger partial charge in [-0.1, -0.05) is 11.8 Å². The van der Waals surface area contributed by atoms with Gasteiger partial charge in [-0.15, -0.1) is 0 Å². The molecule has 0 atom stereocenters. The van der Waals surface area contributed by atoms with Gasteiger partial charge in [0, 0.05) is 34.4 Å². The number of aromatic nitrogens is 3. The highest BCUT2D eigenvalue weighted by Crippen LogP contribution is 2.29. The van der Waals surface area contributed by atoms with E-state index in [0.717, 1.165) is 9.79 Å². The predicted octanol–water partition coefficient (Wildman–Crippen LogP) is 3.82. The highest BCUT2D eigenvalue weighted by molar-refractivity contribution is 7.99. The van der Waals surface area contributed by atoms with Gasteiger partial charge in [0.25, 0.3) is 0 Å². The molecule has 2 heterocycles. The van der Waals surface area contributed by atoms with Crippen molar-refractivity contribution in [2.24, 2.45) is 0 Å². The van der Waals surface area contributed by atoms with Crippen molar-refractivity contribution in [1.82, 2.24) is 15.0 Å². The van der Waals surface area contributed by atoms with Crippen LogP contribution >= 0.6 is 11.8 Å². The summed E-state index contributed by atoms with van der Waals surface area (Å²) in [5, 5.41) is 0. The minimum atomic E-state index is 0.258. The predicted molar refractivity (Wildman–Crippen MR) is 83.5 cm³/mol. The Balaban J connectivity index is 1.68. The number of hydrogen-bond donors (Lipinski definition) is 0. The molecule has 0 radical (unpaired) electrons. The van der Waals surface area contributed by atoms with Gasteiger partial charge in [-0.2, -0.15) is 4.98 Å². The first-order chi connectivity index (χ1) is 10.8. The first-order valence-electron chi connectivity index (χ1n) is 6.56. The molecule has 0 saturated carbocycles. The molecule has 0 aliphatic heterocycles. The first kappa shape index (κ1) is 14.3. The molecule has 0 unspecified atom stereocenters. The summed E-state index contributed by atoms with van der Waals surface area (Å²) in [4.78, 5) is 14.4. The maximum Gasteiger partial charge on any atom is 0.325 e. The van der Waals surface area contributed by atoms with Crippen molar-refractivity contribution >= 4 is 11.8 Å². The van der Waals surface area contributed by atoms with Gasteiger partial charge in [0.05, 0.1) is 7.11 Å². The van der Waals surface area contributed by atoms with Crippen molar-refractivity contribution in [3.8, 4) is 17.6 Å². The summed E-state index contributed by atoms with van der Waals surface area (Å²) >= 11 is 1.66. The van der Waals surface area contributed by atoms with Crippen molar-refractivity contribution in [1.29, 1.82) is 0 Å². The van der Waals surface area contributed by atoms with Crippen molar-refractivity contribution in [3.05, 3.63) is 61.1 Å². The van der Waals surface area contributed by atoms with Crippen LogP contribution in [0, 0.1) is 0 Å². The van der Waals surface area contributed by atoms with Gasteiger partial charge < -0.3 is 9.47 Å². The van der Waals surface area contributed by atoms with Crippen LogP contribution in [0.2, 0.25) is 0 Å². The fourth-order valence-corrected chi connectivity index (χ4v) is 2.51. The molecule has 0 saturated heterocycles. The van der Waals surface area contributed by atoms with Crippen LogP contribution in [0.25, 0.3) is 0 Å². The summed E-state index contributed by atoms with van der Waals surface area (Å²) < 4.78 is 10.6. The van der Waals surface area contributed by atoms with E-state index in [1.807, 2.05) is 36.4 Å². The van der Waals surface area contributed by atoms with E-state index >= 15 is 0 Å². The van der Waals surface area contributed by atoms with Crippen LogP contribution in [-0.2, 0) is 0 Å². The Morgan fingerprint density at radius 3 is 2.32 bits per heavy atom. The zero-order valence-electron chi connectivity index (χ0n) is 11.8. The zero-order valence-corrected chi connectivity index (χ0v) is 12.7. The molecule has 0 amide bonds. The monoisotopic (exact) mass is 311 g/mol. The third-order valence-corrected chi connectivity index (χ3v) is 3.75. The molecule has 2 aromatic heterocycles. The third kappa shape index (κ3) is 3.73. The Morgan fingerprint density at radius 1 is 0.864 bits per heavy atom. The minimum absolute atomic E-state index is 0.258. The fourth-order valence-electron chi connectivity index (χ4n) is 1.71. The second-order valence-corrected chi connectivity index (χ2v) is 5.39. The van der Waals surface area contributed by atoms with Crippen molar-refractivity contribution < 1.29 is 9.47 Å². The summed E-state index contributed by atoms with van der Waals surface area (Å²) in [5.41, 5.74) is 0. The Kier molecular flexibility index (Phi) is 4.50. The van der Waals surface area contributed by atoms with E-state index in [2.05, 4.69) is 15.0 Å². The second-order valence-electron chi connectivity index (χ2n) is 4.24. The van der Waals surface area contributed by atoms with Gasteiger partial charge in [-0.05, 0) is 36.4 Å². The number of hydrogen-bond acceptors (Lipinski definition) is 6. The zero-order chi connectivity index (χ0) is 15.2. The number of rotatable bonds is 5. The Bertz CT molecular complexity index is 736. The number of methoxy groups -OCH3 is 1. The second kappa shape index (κ2) is 6.91. The van der Waals surface area contributed by atoms with Gasteiger partial charge >= 0.3 is 6.01 Å². The summed E-state index contributed by atoms with van der Waals surface area (Å²) in [6.07, 6.45) is 5.15. The van der Waals surface area contributed by atoms with Gasteiger partial charge in [0.15, 0.2) is 0 Å². The van der Waals surface area contributed by atoms with Gasteiger partial charge in [0.1, 0.15) is 5.75 Å². The van der Waals surface area contributed by atoms with E-state index in [0.29, 0.717) is 11.6 Å². The van der Waals surface area contributed by atoms with Crippen molar-refractivity contribution in [2.75, 3.05) is 7.11 Å². The molecule has 0 fully saturated rings. The van der Waals surface area contributed by atoms with Crippen LogP contribution in [0.15, 0.2) is 70.8 Å². The third-order valence-electron chi connectivity index (χ3n) is 2.74. The molecule has 5 nitrogen and oxygen atoms in total. The lowest BCUT2D eigenvalue weighted by atomic mass is 10.3. The van der Waals surface area contributed by atoms with Gasteiger partial charge in [-0.3, -0.25) is 4.98 Å². The lowest BCUT2D eigenvalue weighted by molar-refractivity contribution is 0.376. The van der Waals surface area contributed by atoms with Crippen molar-refractivity contribution in [2.45, 2.75) is 9.79 Å². The van der Waals surface area contributed by atoms with Crippen LogP contribution < -0.4 is 9.47 Å². The van der Waals surface area contributed by atoms with Crippen molar-refractivity contribution in [3.63, 3.8) is 0 Å². The van der Waals surface area contributed by atoms with E-state index in [1.165, 1.54) is 0 Å². The van der Waals surface area contributed by atoms with Crippen LogP contribution in [0.3, 0.4) is 0 Å². The van der Waals surface area contributed by atoms with E-state index < -0.39 is 0 Å². The summed E-state index contributed by atoms with van der Waals surface area (Å²) in [7, 11) is 1.55. The summed E-state index contributed by atoms with van der Waals surface area (Å²) in [5.74, 6) is 1.14. The molecule has 0 aliphatic carbocycles. The van der Waals surface area contributed by atoms with Gasteiger partial charge in [0.2, 0.25) is 5.88 Å². The largest absolute Gasteiger partial charge is 0.481 e. The lowest BCUT2D eigenvalue weighted by Crippen LogP contribution is -1.94. The average molecular weight is 311 g/mol. The molecule has 0 N–H and O–H groups in total. The topological polar surface area (TPSA) is 57.1 Å². The van der Waals surface area contributed by atoms with E-state index in [1.54, 1.807) is 43.5 Å². The smallest absolute Gasteiger partial charge is 0.325 e. The highest BCUT2D eigenvalue weighted by atomic mass is 32.2. The molecule has 110 valence electrons. The Morgan fingerprint density at radius 2 is 1.59 bits per heavy atom. The van der Waals surface area contributed by atoms with Gasteiger partial charge in [-0.25, -0.2) is 4.98 Å². The number of pyridine rings is 1. The maximum absolute atomic E-state index is 5.60. The molecule has 3 aromatic rings. The Labute approximate surface area is 132 Å². The minimum Gasteiger partial charge on any atom is -0.481 e. The maximum atomic E-state index is 5.60. The molecule has 6 heteroatoms. The SMILES string of the molecule is COc1ccnc(Oc2ccc(Sc3ccncc3)cc2)n1. The summed E-state index contributed by atoms with van der Waals surface area (Å²) in [6, 6.07) is 13.6. The molecule has 3 rings (SSSR count). The molecular formula is C16H13N3O2S. The molecule has 1 aromatic carbocycles. The lowest BCUT2D eigenvalue weighted by Gasteiger charge is -2.06. The van der Waals surface area contributed by atoms with E-state index in [4.69, 9.17) is 9.47 Å². The molecular weight excluding hydrogens is 298 g/mol. The fraction of sp³-hybridized carbons (Fsp3) is 0.0625. The highest BCUT2D eigenvalue weighted by Gasteiger charge is 2.03. The molecule has 0 bridgehead atoms. The normalized spacial score (nSPS) is 10.2. The number of nitrogens with zero attached hydrogens (tertiary/aromatic N) is 3. The van der Waals surface area contributed by atoms with Crippen LogP contribution in [0.1, 0.15) is 0 Å². The van der Waals surface area contributed by atoms with Crippen LogP contribution in [-0.4, -0.2) is 22.1 Å². The van der Waals surface area contributed by atoms with Crippen LogP contribution in [0.5, 0.6) is 17.6 Å². The molecule has 0 aliphatic rings. The standard InChI is InChI=1S/C16H13N3O2S/c1-20-15-8-11-18-16(19-15)21-12-2-4-13(5-3-12)22-14-6-9-17-10-7-14/h2-11H,1H3. The van der Waals surface area contributed by atoms with E-state index in [-0.39, 0.29) is 6.01 Å². The van der Waals surface area contributed by atoms with E-state index in [9.17, 15) is 0 Å². The number of benzene rings is 1. The average Bonchev–Trinajstić information content (AvgIpc) is 2.58.